The van der Waals surface area contributed by atoms with Gasteiger partial charge in [-0.1, -0.05) is 72.5 Å². The lowest BCUT2D eigenvalue weighted by Crippen LogP contribution is -2.14. The molecular weight excluding hydrogens is 444 g/mol. The van der Waals surface area contributed by atoms with Crippen LogP contribution in [0.15, 0.2) is 83.8 Å². The molecule has 0 aromatic heterocycles. The van der Waals surface area contributed by atoms with Gasteiger partial charge in [0.15, 0.2) is 6.61 Å². The number of carbonyl (C=O) groups is 1. The molecule has 0 saturated carbocycles. The van der Waals surface area contributed by atoms with E-state index < -0.39 is 11.6 Å². The maximum Gasteiger partial charge on any atom is 0.341 e. The quantitative estimate of drug-likeness (QED) is 0.307. The van der Waals surface area contributed by atoms with Crippen molar-refractivity contribution in [1.82, 2.24) is 0 Å². The van der Waals surface area contributed by atoms with Crippen LogP contribution in [0.5, 0.6) is 5.75 Å². The Morgan fingerprint density at radius 3 is 2.32 bits per heavy atom. The smallest absolute Gasteiger partial charge is 0.341 e. The second-order valence-corrected chi connectivity index (χ2v) is 9.38. The summed E-state index contributed by atoms with van der Waals surface area (Å²) in [5.41, 5.74) is 3.93. The first-order valence-electron chi connectivity index (χ1n) is 10.9. The summed E-state index contributed by atoms with van der Waals surface area (Å²) in [6.07, 6.45) is 2.06. The molecule has 0 unspecified atom stereocenters. The summed E-state index contributed by atoms with van der Waals surface area (Å²) in [5, 5.41) is 18.9. The average Bonchev–Trinajstić information content (AvgIpc) is 2.80. The molecule has 0 bridgehead atoms. The number of carboxylic acid groups (broad SMARTS) is 1. The van der Waals surface area contributed by atoms with Gasteiger partial charge in [0.05, 0.1) is 0 Å². The van der Waals surface area contributed by atoms with Crippen molar-refractivity contribution in [3.8, 4) is 28.7 Å². The fourth-order valence-electron chi connectivity index (χ4n) is 3.17. The first-order chi connectivity index (χ1) is 16.2. The van der Waals surface area contributed by atoms with Crippen LogP contribution in [0.2, 0.25) is 0 Å². The Morgan fingerprint density at radius 1 is 1.03 bits per heavy atom. The largest absolute Gasteiger partial charge is 0.482 e. The van der Waals surface area contributed by atoms with Crippen LogP contribution in [0, 0.1) is 18.8 Å². The van der Waals surface area contributed by atoms with Crippen molar-refractivity contribution in [2.75, 3.05) is 12.4 Å². The monoisotopic (exact) mass is 472 g/mol. The second kappa shape index (κ2) is 11.6. The summed E-state index contributed by atoms with van der Waals surface area (Å²) in [5.74, 6) is 6.31. The highest BCUT2D eigenvalue weighted by molar-refractivity contribution is 7.99. The molecule has 3 aromatic rings. The molecule has 0 spiro atoms. The summed E-state index contributed by atoms with van der Waals surface area (Å²) in [6.45, 7) is 4.87. The van der Waals surface area contributed by atoms with Gasteiger partial charge in [-0.3, -0.25) is 0 Å². The van der Waals surface area contributed by atoms with Crippen LogP contribution in [0.25, 0.3) is 16.7 Å². The van der Waals surface area contributed by atoms with Gasteiger partial charge in [0.25, 0.3) is 0 Å². The molecule has 0 radical (unpaired) electrons. The fourth-order valence-corrected chi connectivity index (χ4v) is 4.04. The topological polar surface area (TPSA) is 66.8 Å². The van der Waals surface area contributed by atoms with Gasteiger partial charge in [-0.25, -0.2) is 4.79 Å². The minimum Gasteiger partial charge on any atom is -0.482 e. The molecule has 3 aromatic carbocycles. The molecule has 0 amide bonds. The zero-order valence-corrected chi connectivity index (χ0v) is 20.4. The minimum absolute atomic E-state index is 0.359. The van der Waals surface area contributed by atoms with Gasteiger partial charge in [-0.15, -0.1) is 11.8 Å². The van der Waals surface area contributed by atoms with Crippen molar-refractivity contribution < 1.29 is 19.7 Å². The number of hydrogen-bond donors (Lipinski definition) is 2. The predicted octanol–water partition coefficient (Wildman–Crippen LogP) is 6.08. The van der Waals surface area contributed by atoms with Gasteiger partial charge in [0.2, 0.25) is 0 Å². The molecule has 34 heavy (non-hydrogen) atoms. The molecule has 0 heterocycles. The fraction of sp³-hybridized carbons (Fsp3) is 0.207. The van der Waals surface area contributed by atoms with E-state index in [9.17, 15) is 9.90 Å². The number of thioether (sulfide) groups is 1. The number of benzene rings is 3. The Balaban J connectivity index is 1.77. The van der Waals surface area contributed by atoms with Crippen LogP contribution < -0.4 is 4.74 Å². The van der Waals surface area contributed by atoms with Gasteiger partial charge >= 0.3 is 5.97 Å². The summed E-state index contributed by atoms with van der Waals surface area (Å²) in [4.78, 5) is 11.8. The Bertz CT molecular complexity index is 1210. The van der Waals surface area contributed by atoms with Crippen LogP contribution in [0.4, 0.5) is 0 Å². The van der Waals surface area contributed by atoms with Gasteiger partial charge in [-0.2, -0.15) is 0 Å². The van der Waals surface area contributed by atoms with Crippen LogP contribution in [0.3, 0.4) is 0 Å². The van der Waals surface area contributed by atoms with Crippen LogP contribution >= 0.6 is 11.8 Å². The molecule has 4 nitrogen and oxygen atoms in total. The number of aliphatic hydroxyl groups is 1. The Kier molecular flexibility index (Phi) is 8.59. The molecule has 0 atom stereocenters. The maximum absolute atomic E-state index is 10.7. The van der Waals surface area contributed by atoms with E-state index in [1.54, 1.807) is 31.7 Å². The lowest BCUT2D eigenvalue weighted by atomic mass is 10.00. The second-order valence-electron chi connectivity index (χ2n) is 8.29. The summed E-state index contributed by atoms with van der Waals surface area (Å²) < 4.78 is 5.30. The molecule has 0 fully saturated rings. The van der Waals surface area contributed by atoms with E-state index in [4.69, 9.17) is 9.84 Å². The third-order valence-electron chi connectivity index (χ3n) is 4.84. The van der Waals surface area contributed by atoms with E-state index in [0.717, 1.165) is 32.7 Å². The first kappa shape index (κ1) is 25.2. The van der Waals surface area contributed by atoms with Crippen molar-refractivity contribution >= 4 is 23.3 Å². The lowest BCUT2D eigenvalue weighted by Gasteiger charge is -2.09. The predicted molar refractivity (Wildman–Crippen MR) is 139 cm³/mol. The molecular formula is C29H28O4S. The van der Waals surface area contributed by atoms with Gasteiger partial charge in [0.1, 0.15) is 11.4 Å². The van der Waals surface area contributed by atoms with Crippen LogP contribution in [0.1, 0.15) is 25.0 Å². The number of allylic oxidation sites excluding steroid dienone is 1. The van der Waals surface area contributed by atoms with Crippen molar-refractivity contribution in [2.24, 2.45) is 0 Å². The molecule has 0 aliphatic heterocycles. The maximum atomic E-state index is 10.7. The molecule has 5 heteroatoms. The standard InChI is InChI=1S/C29H28O4S/c1-21-19-26(13-14-27(21)33-20-28(30)31)34-18-16-25(15-17-29(2,3)32)24-11-9-23(10-12-24)22-7-5-4-6-8-22/h4-14,16,19,32H,18,20H2,1-3H3,(H,30,31). The number of rotatable bonds is 8. The van der Waals surface area contributed by atoms with E-state index >= 15 is 0 Å². The lowest BCUT2D eigenvalue weighted by molar-refractivity contribution is -0.139. The van der Waals surface area contributed by atoms with Crippen LogP contribution in [-0.4, -0.2) is 34.1 Å². The molecule has 0 saturated heterocycles. The zero-order chi connectivity index (χ0) is 24.6. The highest BCUT2D eigenvalue weighted by Crippen LogP contribution is 2.27. The molecule has 3 rings (SSSR count). The van der Waals surface area contributed by atoms with E-state index in [1.807, 2.05) is 37.3 Å². The summed E-state index contributed by atoms with van der Waals surface area (Å²) in [6, 6.07) is 24.2. The highest BCUT2D eigenvalue weighted by atomic mass is 32.2. The Hall–Kier alpha value is -3.46. The normalized spacial score (nSPS) is 11.5. The average molecular weight is 473 g/mol. The molecule has 2 N–H and O–H groups in total. The van der Waals surface area contributed by atoms with Crippen LogP contribution in [-0.2, 0) is 4.79 Å². The Labute approximate surface area is 205 Å². The van der Waals surface area contributed by atoms with E-state index in [0.29, 0.717) is 11.5 Å². The van der Waals surface area contributed by atoms with Crippen molar-refractivity contribution in [3.05, 3.63) is 90.0 Å². The number of aliphatic carboxylic acids is 1. The number of hydrogen-bond acceptors (Lipinski definition) is 4. The first-order valence-corrected chi connectivity index (χ1v) is 11.9. The summed E-state index contributed by atoms with van der Waals surface area (Å²) in [7, 11) is 0. The van der Waals surface area contributed by atoms with E-state index in [-0.39, 0.29) is 6.61 Å². The van der Waals surface area contributed by atoms with Crippen molar-refractivity contribution in [3.63, 3.8) is 0 Å². The zero-order valence-electron chi connectivity index (χ0n) is 19.5. The third kappa shape index (κ3) is 7.84. The highest BCUT2D eigenvalue weighted by Gasteiger charge is 2.08. The van der Waals surface area contributed by atoms with E-state index in [2.05, 4.69) is 54.3 Å². The number of carboxylic acids is 1. The van der Waals surface area contributed by atoms with Gasteiger partial charge in [-0.05, 0) is 61.2 Å². The molecule has 0 aliphatic carbocycles. The summed E-state index contributed by atoms with van der Waals surface area (Å²) >= 11 is 1.65. The molecule has 0 aliphatic rings. The van der Waals surface area contributed by atoms with Gasteiger partial charge in [0, 0.05) is 16.2 Å². The number of aryl methyl sites for hydroxylation is 1. The van der Waals surface area contributed by atoms with Gasteiger partial charge < -0.3 is 14.9 Å². The molecule has 174 valence electrons. The van der Waals surface area contributed by atoms with E-state index in [1.165, 1.54) is 0 Å². The SMILES string of the molecule is Cc1cc(SCC=C(C#CC(C)(C)O)c2ccc(-c3ccccc3)cc2)ccc1OCC(=O)O. The third-order valence-corrected chi connectivity index (χ3v) is 5.76. The Morgan fingerprint density at radius 2 is 1.71 bits per heavy atom. The minimum atomic E-state index is -1.08. The van der Waals surface area contributed by atoms with Crippen molar-refractivity contribution in [1.29, 1.82) is 0 Å². The van der Waals surface area contributed by atoms with Crippen molar-refractivity contribution in [2.45, 2.75) is 31.3 Å². The number of ether oxygens (including phenoxy) is 1.